The fraction of sp³-hybridized carbons (Fsp3) is 0.583. The van der Waals surface area contributed by atoms with E-state index in [9.17, 15) is 13.2 Å². The third-order valence-corrected chi connectivity index (χ3v) is 3.31. The molecule has 1 aromatic rings. The van der Waals surface area contributed by atoms with E-state index in [4.69, 9.17) is 11.6 Å². The van der Waals surface area contributed by atoms with Crippen molar-refractivity contribution in [1.82, 2.24) is 4.98 Å². The molecular formula is C12H16ClF3N2. The van der Waals surface area contributed by atoms with Crippen molar-refractivity contribution in [3.05, 3.63) is 22.8 Å². The first-order chi connectivity index (χ1) is 8.20. The fourth-order valence-electron chi connectivity index (χ4n) is 1.46. The van der Waals surface area contributed by atoms with E-state index in [-0.39, 0.29) is 16.5 Å². The molecule has 0 amide bonds. The van der Waals surface area contributed by atoms with E-state index in [2.05, 4.69) is 10.3 Å². The first-order valence-corrected chi connectivity index (χ1v) is 6.11. The van der Waals surface area contributed by atoms with Crippen molar-refractivity contribution in [2.24, 2.45) is 0 Å². The van der Waals surface area contributed by atoms with E-state index in [1.165, 1.54) is 0 Å². The van der Waals surface area contributed by atoms with Crippen molar-refractivity contribution in [2.75, 3.05) is 5.32 Å². The van der Waals surface area contributed by atoms with E-state index < -0.39 is 11.7 Å². The highest BCUT2D eigenvalue weighted by Gasteiger charge is 2.32. The number of pyridine rings is 1. The zero-order valence-corrected chi connectivity index (χ0v) is 11.3. The number of halogens is 4. The van der Waals surface area contributed by atoms with E-state index in [0.717, 1.165) is 25.0 Å². The van der Waals surface area contributed by atoms with E-state index in [1.807, 2.05) is 20.8 Å². The molecule has 0 atom stereocenters. The average molecular weight is 281 g/mol. The second-order valence-electron chi connectivity index (χ2n) is 4.45. The van der Waals surface area contributed by atoms with Crippen LogP contribution >= 0.6 is 11.6 Å². The van der Waals surface area contributed by atoms with Gasteiger partial charge in [0.1, 0.15) is 11.0 Å². The molecule has 0 saturated carbocycles. The number of anilines is 1. The predicted octanol–water partition coefficient (Wildman–Crippen LogP) is 4.74. The molecule has 0 fully saturated rings. The molecule has 1 heterocycles. The third-order valence-electron chi connectivity index (χ3n) is 3.11. The average Bonchev–Trinajstić information content (AvgIpc) is 2.27. The normalized spacial score (nSPS) is 12.6. The van der Waals surface area contributed by atoms with Crippen LogP contribution in [-0.4, -0.2) is 10.5 Å². The highest BCUT2D eigenvalue weighted by Crippen LogP contribution is 2.33. The van der Waals surface area contributed by atoms with Crippen LogP contribution in [0, 0.1) is 0 Å². The minimum atomic E-state index is -4.42. The molecule has 0 radical (unpaired) electrons. The van der Waals surface area contributed by atoms with Gasteiger partial charge in [-0.05, 0) is 31.9 Å². The Labute approximate surface area is 110 Å². The van der Waals surface area contributed by atoms with Crippen LogP contribution in [0.25, 0.3) is 0 Å². The lowest BCUT2D eigenvalue weighted by molar-refractivity contribution is -0.137. The molecule has 1 rings (SSSR count). The molecule has 0 bridgehead atoms. The molecule has 0 unspecified atom stereocenters. The summed E-state index contributed by atoms with van der Waals surface area (Å²) in [4.78, 5) is 3.88. The minimum absolute atomic E-state index is 0.154. The van der Waals surface area contributed by atoms with Crippen molar-refractivity contribution in [2.45, 2.75) is 45.3 Å². The van der Waals surface area contributed by atoms with Gasteiger partial charge in [0, 0.05) is 5.54 Å². The Balaban J connectivity index is 3.08. The van der Waals surface area contributed by atoms with Crippen LogP contribution < -0.4 is 5.32 Å². The summed E-state index contributed by atoms with van der Waals surface area (Å²) in [6.07, 6.45) is -2.87. The number of aromatic nitrogens is 1. The number of nitrogens with one attached hydrogen (secondary N) is 1. The second-order valence-corrected chi connectivity index (χ2v) is 4.84. The largest absolute Gasteiger partial charge is 0.416 e. The molecule has 102 valence electrons. The molecule has 0 saturated heterocycles. The molecule has 6 heteroatoms. The van der Waals surface area contributed by atoms with Gasteiger partial charge in [-0.2, -0.15) is 13.2 Å². The number of hydrogen-bond donors (Lipinski definition) is 1. The maximum Gasteiger partial charge on any atom is 0.416 e. The molecule has 18 heavy (non-hydrogen) atoms. The predicted molar refractivity (Wildman–Crippen MR) is 66.9 cm³/mol. The van der Waals surface area contributed by atoms with Gasteiger partial charge in [0.2, 0.25) is 0 Å². The summed E-state index contributed by atoms with van der Waals surface area (Å²) >= 11 is 5.62. The highest BCUT2D eigenvalue weighted by molar-refractivity contribution is 6.29. The van der Waals surface area contributed by atoms with Gasteiger partial charge in [-0.1, -0.05) is 25.4 Å². The zero-order valence-electron chi connectivity index (χ0n) is 10.5. The number of alkyl halides is 3. The Bertz CT molecular complexity index is 414. The molecule has 0 spiro atoms. The summed E-state index contributed by atoms with van der Waals surface area (Å²) in [5, 5.41) is 2.85. The first-order valence-electron chi connectivity index (χ1n) is 5.73. The van der Waals surface area contributed by atoms with Gasteiger partial charge < -0.3 is 5.32 Å². The van der Waals surface area contributed by atoms with Gasteiger partial charge in [0.15, 0.2) is 0 Å². The van der Waals surface area contributed by atoms with Crippen molar-refractivity contribution in [3.63, 3.8) is 0 Å². The molecule has 2 nitrogen and oxygen atoms in total. The molecular weight excluding hydrogens is 265 g/mol. The Kier molecular flexibility index (Phi) is 4.48. The lowest BCUT2D eigenvalue weighted by Gasteiger charge is -2.29. The second kappa shape index (κ2) is 5.34. The Morgan fingerprint density at radius 2 is 1.78 bits per heavy atom. The van der Waals surface area contributed by atoms with E-state index in [0.29, 0.717) is 0 Å². The highest BCUT2D eigenvalue weighted by atomic mass is 35.5. The molecule has 0 aliphatic rings. The fourth-order valence-corrected chi connectivity index (χ4v) is 1.67. The Hall–Kier alpha value is -0.970. The van der Waals surface area contributed by atoms with Crippen molar-refractivity contribution >= 4 is 17.4 Å². The van der Waals surface area contributed by atoms with E-state index in [1.54, 1.807) is 0 Å². The topological polar surface area (TPSA) is 24.9 Å². The van der Waals surface area contributed by atoms with Crippen LogP contribution in [-0.2, 0) is 6.18 Å². The quantitative estimate of drug-likeness (QED) is 0.806. The summed E-state index contributed by atoms with van der Waals surface area (Å²) in [6.45, 7) is 5.86. The van der Waals surface area contributed by atoms with Gasteiger partial charge in [0.05, 0.1) is 5.56 Å². The van der Waals surface area contributed by atoms with E-state index >= 15 is 0 Å². The zero-order chi connectivity index (χ0) is 14.0. The van der Waals surface area contributed by atoms with Gasteiger partial charge in [0.25, 0.3) is 0 Å². The van der Waals surface area contributed by atoms with Crippen LogP contribution in [0.15, 0.2) is 12.1 Å². The van der Waals surface area contributed by atoms with Gasteiger partial charge in [-0.25, -0.2) is 4.98 Å². The Morgan fingerprint density at radius 3 is 2.22 bits per heavy atom. The van der Waals surface area contributed by atoms with Crippen LogP contribution in [0.1, 0.15) is 39.2 Å². The number of nitrogens with zero attached hydrogens (tertiary/aromatic N) is 1. The van der Waals surface area contributed by atoms with Crippen molar-refractivity contribution < 1.29 is 13.2 Å². The van der Waals surface area contributed by atoms with Gasteiger partial charge in [-0.3, -0.25) is 0 Å². The standard InChI is InChI=1S/C12H16ClF3N2/c1-4-11(3,5-2)18-10-7-8(12(14,15)16)6-9(13)17-10/h6-7H,4-5H2,1-3H3,(H,17,18). The maximum atomic E-state index is 12.6. The smallest absolute Gasteiger partial charge is 0.365 e. The monoisotopic (exact) mass is 280 g/mol. The first kappa shape index (κ1) is 15.1. The number of rotatable bonds is 4. The number of hydrogen-bond acceptors (Lipinski definition) is 2. The van der Waals surface area contributed by atoms with Gasteiger partial charge in [-0.15, -0.1) is 0 Å². The molecule has 0 aliphatic heterocycles. The molecule has 1 aromatic heterocycles. The summed E-state index contributed by atoms with van der Waals surface area (Å²) in [6, 6.07) is 1.80. The van der Waals surface area contributed by atoms with Gasteiger partial charge >= 0.3 is 6.18 Å². The lowest BCUT2D eigenvalue weighted by atomic mass is 9.95. The maximum absolute atomic E-state index is 12.6. The summed E-state index contributed by atoms with van der Waals surface area (Å²) in [5.74, 6) is 0.154. The minimum Gasteiger partial charge on any atom is -0.365 e. The van der Waals surface area contributed by atoms with Crippen LogP contribution in [0.2, 0.25) is 5.15 Å². The summed E-state index contributed by atoms with van der Waals surface area (Å²) < 4.78 is 37.9. The van der Waals surface area contributed by atoms with Crippen LogP contribution in [0.4, 0.5) is 19.0 Å². The molecule has 0 aliphatic carbocycles. The molecule has 0 aromatic carbocycles. The summed E-state index contributed by atoms with van der Waals surface area (Å²) in [7, 11) is 0. The van der Waals surface area contributed by atoms with Crippen LogP contribution in [0.5, 0.6) is 0 Å². The van der Waals surface area contributed by atoms with Crippen LogP contribution in [0.3, 0.4) is 0 Å². The third kappa shape index (κ3) is 3.77. The summed E-state index contributed by atoms with van der Waals surface area (Å²) in [5.41, 5.74) is -1.08. The lowest BCUT2D eigenvalue weighted by Crippen LogP contribution is -2.33. The Morgan fingerprint density at radius 1 is 1.22 bits per heavy atom. The molecule has 1 N–H and O–H groups in total. The van der Waals surface area contributed by atoms with Crippen molar-refractivity contribution in [3.8, 4) is 0 Å². The van der Waals surface area contributed by atoms with Crippen molar-refractivity contribution in [1.29, 1.82) is 0 Å². The SMILES string of the molecule is CCC(C)(CC)Nc1cc(C(F)(F)F)cc(Cl)n1.